The van der Waals surface area contributed by atoms with Crippen molar-refractivity contribution >= 4 is 5.97 Å². The number of carbonyl (C=O) groups is 1. The fourth-order valence-corrected chi connectivity index (χ4v) is 1.48. The van der Waals surface area contributed by atoms with Crippen LogP contribution in [-0.4, -0.2) is 11.6 Å². The lowest BCUT2D eigenvalue weighted by Gasteiger charge is -2.21. The van der Waals surface area contributed by atoms with E-state index >= 15 is 0 Å². The lowest BCUT2D eigenvalue weighted by Crippen LogP contribution is -2.25. The smallest absolute Gasteiger partial charge is 0.303 e. The van der Waals surface area contributed by atoms with Gasteiger partial charge in [0.05, 0.1) is 0 Å². The Balaban J connectivity index is 2.46. The molecule has 1 aliphatic rings. The van der Waals surface area contributed by atoms with Crippen LogP contribution in [-0.2, 0) is 9.53 Å². The molecule has 11 heavy (non-hydrogen) atoms. The Labute approximate surface area is 67.9 Å². The van der Waals surface area contributed by atoms with E-state index in [0.29, 0.717) is 5.92 Å². The molecule has 1 aliphatic carbocycles. The van der Waals surface area contributed by atoms with Crippen molar-refractivity contribution in [2.45, 2.75) is 45.6 Å². The summed E-state index contributed by atoms with van der Waals surface area (Å²) in [4.78, 5) is 10.7. The Morgan fingerprint density at radius 1 is 1.64 bits per heavy atom. The predicted octanol–water partition coefficient (Wildman–Crippen LogP) is 2.13. The van der Waals surface area contributed by atoms with Crippen molar-refractivity contribution in [2.24, 2.45) is 5.92 Å². The minimum atomic E-state index is -0.136. The second-order valence-electron chi connectivity index (χ2n) is 3.47. The summed E-state index contributed by atoms with van der Waals surface area (Å²) in [6.45, 7) is 5.77. The zero-order valence-electron chi connectivity index (χ0n) is 7.52. The molecule has 2 heteroatoms. The van der Waals surface area contributed by atoms with Crippen LogP contribution in [0.25, 0.3) is 0 Å². The Bertz CT molecular complexity index is 159. The molecule has 1 saturated carbocycles. The van der Waals surface area contributed by atoms with E-state index < -0.39 is 0 Å². The van der Waals surface area contributed by atoms with Crippen LogP contribution in [0.4, 0.5) is 0 Å². The van der Waals surface area contributed by atoms with Crippen LogP contribution < -0.4 is 0 Å². The summed E-state index contributed by atoms with van der Waals surface area (Å²) >= 11 is 0. The van der Waals surface area contributed by atoms with Crippen LogP contribution in [0.2, 0.25) is 0 Å². The third-order valence-electron chi connectivity index (χ3n) is 2.60. The molecule has 0 aliphatic heterocycles. The number of esters is 1. The fourth-order valence-electron chi connectivity index (χ4n) is 1.48. The van der Waals surface area contributed by atoms with E-state index in [1.807, 2.05) is 0 Å². The van der Waals surface area contributed by atoms with Crippen molar-refractivity contribution < 1.29 is 9.53 Å². The average Bonchev–Trinajstić information content (AvgIpc) is 2.67. The molecule has 0 aromatic heterocycles. The van der Waals surface area contributed by atoms with Gasteiger partial charge in [0.2, 0.25) is 0 Å². The number of hydrogen-bond donors (Lipinski definition) is 0. The molecule has 1 atom stereocenters. The van der Waals surface area contributed by atoms with E-state index in [1.165, 1.54) is 6.92 Å². The van der Waals surface area contributed by atoms with Crippen LogP contribution in [0.15, 0.2) is 0 Å². The van der Waals surface area contributed by atoms with Crippen LogP contribution in [0.3, 0.4) is 0 Å². The molecule has 0 spiro atoms. The fraction of sp³-hybridized carbons (Fsp3) is 0.889. The van der Waals surface area contributed by atoms with Gasteiger partial charge in [-0.2, -0.15) is 0 Å². The lowest BCUT2D eigenvalue weighted by molar-refractivity contribution is -0.151. The molecule has 0 aromatic rings. The predicted molar refractivity (Wildman–Crippen MR) is 43.2 cm³/mol. The quantitative estimate of drug-likeness (QED) is 0.585. The first kappa shape index (κ1) is 8.57. The Morgan fingerprint density at radius 3 is 2.45 bits per heavy atom. The van der Waals surface area contributed by atoms with Gasteiger partial charge in [-0.15, -0.1) is 0 Å². The van der Waals surface area contributed by atoms with E-state index in [-0.39, 0.29) is 11.6 Å². The zero-order chi connectivity index (χ0) is 8.48. The third-order valence-corrected chi connectivity index (χ3v) is 2.60. The Morgan fingerprint density at radius 2 is 2.18 bits per heavy atom. The highest BCUT2D eigenvalue weighted by atomic mass is 16.6. The van der Waals surface area contributed by atoms with Crippen molar-refractivity contribution in [1.82, 2.24) is 0 Å². The highest BCUT2D eigenvalue weighted by Gasteiger charge is 2.49. The number of ether oxygens (including phenoxy) is 1. The summed E-state index contributed by atoms with van der Waals surface area (Å²) in [7, 11) is 0. The van der Waals surface area contributed by atoms with Gasteiger partial charge in [-0.1, -0.05) is 13.8 Å². The molecule has 0 N–H and O–H groups in total. The Hall–Kier alpha value is -0.530. The summed E-state index contributed by atoms with van der Waals surface area (Å²) in [5.41, 5.74) is -0.0689. The highest BCUT2D eigenvalue weighted by molar-refractivity contribution is 5.67. The summed E-state index contributed by atoms with van der Waals surface area (Å²) in [6.07, 6.45) is 3.20. The van der Waals surface area contributed by atoms with Gasteiger partial charge in [0.1, 0.15) is 5.60 Å². The van der Waals surface area contributed by atoms with Gasteiger partial charge in [-0.25, -0.2) is 0 Å². The number of rotatable bonds is 3. The van der Waals surface area contributed by atoms with Gasteiger partial charge >= 0.3 is 5.97 Å². The van der Waals surface area contributed by atoms with E-state index in [4.69, 9.17) is 4.74 Å². The van der Waals surface area contributed by atoms with Gasteiger partial charge in [0.15, 0.2) is 0 Å². The van der Waals surface area contributed by atoms with E-state index in [9.17, 15) is 4.79 Å². The normalized spacial score (nSPS) is 22.5. The van der Waals surface area contributed by atoms with Crippen molar-refractivity contribution in [3.05, 3.63) is 0 Å². The molecular formula is C9H16O2. The van der Waals surface area contributed by atoms with E-state index in [1.54, 1.807) is 0 Å². The van der Waals surface area contributed by atoms with Gasteiger partial charge in [0.25, 0.3) is 0 Å². The van der Waals surface area contributed by atoms with Crippen LogP contribution in [0, 0.1) is 5.92 Å². The first-order valence-corrected chi connectivity index (χ1v) is 4.30. The molecule has 1 rings (SSSR count). The molecular weight excluding hydrogens is 140 g/mol. The summed E-state index contributed by atoms with van der Waals surface area (Å²) < 4.78 is 5.26. The molecule has 0 amide bonds. The maximum absolute atomic E-state index is 10.7. The topological polar surface area (TPSA) is 26.3 Å². The SMILES string of the molecule is CCC(C)C1(OC(C)=O)CC1. The maximum atomic E-state index is 10.7. The molecule has 0 radical (unpaired) electrons. The standard InChI is InChI=1S/C9H16O2/c1-4-7(2)9(5-6-9)11-8(3)10/h7H,4-6H2,1-3H3. The molecule has 64 valence electrons. The summed E-state index contributed by atoms with van der Waals surface area (Å²) in [5.74, 6) is 0.384. The van der Waals surface area contributed by atoms with Crippen LogP contribution in [0.1, 0.15) is 40.0 Å². The second-order valence-corrected chi connectivity index (χ2v) is 3.47. The number of hydrogen-bond acceptors (Lipinski definition) is 2. The van der Waals surface area contributed by atoms with Crippen molar-refractivity contribution in [3.63, 3.8) is 0 Å². The minimum absolute atomic E-state index is 0.0689. The third kappa shape index (κ3) is 1.73. The van der Waals surface area contributed by atoms with Crippen molar-refractivity contribution in [2.75, 3.05) is 0 Å². The monoisotopic (exact) mass is 156 g/mol. The minimum Gasteiger partial charge on any atom is -0.459 e. The molecule has 1 fully saturated rings. The molecule has 0 saturated heterocycles. The first-order valence-electron chi connectivity index (χ1n) is 4.30. The van der Waals surface area contributed by atoms with Crippen LogP contribution >= 0.6 is 0 Å². The van der Waals surface area contributed by atoms with E-state index in [2.05, 4.69) is 13.8 Å². The molecule has 0 aromatic carbocycles. The van der Waals surface area contributed by atoms with Gasteiger partial charge in [-0.05, 0) is 25.2 Å². The highest BCUT2D eigenvalue weighted by Crippen LogP contribution is 2.47. The summed E-state index contributed by atoms with van der Waals surface area (Å²) in [5, 5.41) is 0. The lowest BCUT2D eigenvalue weighted by atomic mass is 10.00. The Kier molecular flexibility index (Phi) is 2.21. The molecule has 0 bridgehead atoms. The van der Waals surface area contributed by atoms with Crippen molar-refractivity contribution in [3.8, 4) is 0 Å². The summed E-state index contributed by atoms with van der Waals surface area (Å²) in [6, 6.07) is 0. The van der Waals surface area contributed by atoms with Gasteiger partial charge < -0.3 is 4.74 Å². The number of carbonyl (C=O) groups excluding carboxylic acids is 1. The van der Waals surface area contributed by atoms with Gasteiger partial charge in [0, 0.05) is 6.92 Å². The zero-order valence-corrected chi connectivity index (χ0v) is 7.52. The largest absolute Gasteiger partial charge is 0.459 e. The average molecular weight is 156 g/mol. The van der Waals surface area contributed by atoms with E-state index in [0.717, 1.165) is 19.3 Å². The molecule has 0 heterocycles. The first-order chi connectivity index (χ1) is 5.10. The molecule has 2 nitrogen and oxygen atoms in total. The van der Waals surface area contributed by atoms with Gasteiger partial charge in [-0.3, -0.25) is 4.79 Å². The van der Waals surface area contributed by atoms with Crippen LogP contribution in [0.5, 0.6) is 0 Å². The maximum Gasteiger partial charge on any atom is 0.303 e. The molecule has 1 unspecified atom stereocenters. The van der Waals surface area contributed by atoms with Crippen molar-refractivity contribution in [1.29, 1.82) is 0 Å². The second kappa shape index (κ2) is 2.84.